The average Bonchev–Trinajstić information content (AvgIpc) is 2.64. The minimum absolute atomic E-state index is 0.0881. The first-order chi connectivity index (χ1) is 12.5. The number of ether oxygens (including phenoxy) is 1. The van der Waals surface area contributed by atoms with Crippen molar-refractivity contribution in [2.75, 3.05) is 11.9 Å². The van der Waals surface area contributed by atoms with Gasteiger partial charge < -0.3 is 10.1 Å². The molecule has 0 heterocycles. The first-order valence-corrected chi connectivity index (χ1v) is 9.24. The number of halogens is 2. The van der Waals surface area contributed by atoms with E-state index < -0.39 is 0 Å². The van der Waals surface area contributed by atoms with Crippen molar-refractivity contribution in [1.29, 1.82) is 0 Å². The van der Waals surface area contributed by atoms with Gasteiger partial charge in [0.2, 0.25) is 0 Å². The van der Waals surface area contributed by atoms with E-state index in [1.54, 1.807) is 12.1 Å². The van der Waals surface area contributed by atoms with Crippen LogP contribution in [0.25, 0.3) is 11.1 Å². The minimum Gasteiger partial charge on any atom is -0.483 e. The van der Waals surface area contributed by atoms with Crippen molar-refractivity contribution < 1.29 is 9.53 Å². The highest BCUT2D eigenvalue weighted by atomic mass is 79.9. The highest BCUT2D eigenvalue weighted by Gasteiger charge is 2.09. The Morgan fingerprint density at radius 1 is 1.04 bits per heavy atom. The summed E-state index contributed by atoms with van der Waals surface area (Å²) in [5.41, 5.74) is 3.82. The molecule has 3 aromatic rings. The van der Waals surface area contributed by atoms with Gasteiger partial charge in [-0.25, -0.2) is 0 Å². The predicted molar refractivity (Wildman–Crippen MR) is 110 cm³/mol. The van der Waals surface area contributed by atoms with Gasteiger partial charge in [-0.1, -0.05) is 54.1 Å². The van der Waals surface area contributed by atoms with Crippen LogP contribution in [0.15, 0.2) is 71.2 Å². The molecule has 132 valence electrons. The molecule has 0 aromatic heterocycles. The monoisotopic (exact) mass is 429 g/mol. The molecule has 0 aliphatic carbocycles. The highest BCUT2D eigenvalue weighted by Crippen LogP contribution is 2.30. The lowest BCUT2D eigenvalue weighted by molar-refractivity contribution is -0.118. The van der Waals surface area contributed by atoms with E-state index in [1.807, 2.05) is 61.5 Å². The van der Waals surface area contributed by atoms with Gasteiger partial charge in [0, 0.05) is 10.7 Å². The fourth-order valence-corrected chi connectivity index (χ4v) is 3.15. The molecule has 0 aliphatic heterocycles. The van der Waals surface area contributed by atoms with Crippen molar-refractivity contribution in [3.63, 3.8) is 0 Å². The Hall–Kier alpha value is -2.30. The molecule has 0 saturated carbocycles. The molecule has 3 nitrogen and oxygen atoms in total. The van der Waals surface area contributed by atoms with Crippen LogP contribution in [0.5, 0.6) is 5.75 Å². The number of carbonyl (C=O) groups excluding carboxylic acids is 1. The number of aryl methyl sites for hydroxylation is 1. The summed E-state index contributed by atoms with van der Waals surface area (Å²) in [6.45, 7) is 1.82. The van der Waals surface area contributed by atoms with Gasteiger partial charge in [0.1, 0.15) is 5.75 Å². The molecule has 5 heteroatoms. The van der Waals surface area contributed by atoms with Crippen molar-refractivity contribution in [2.45, 2.75) is 6.92 Å². The molecule has 0 atom stereocenters. The average molecular weight is 431 g/mol. The number of hydrogen-bond donors (Lipinski definition) is 1. The van der Waals surface area contributed by atoms with E-state index in [0.29, 0.717) is 16.5 Å². The third-order valence-electron chi connectivity index (χ3n) is 3.87. The molecule has 3 rings (SSSR count). The summed E-state index contributed by atoms with van der Waals surface area (Å²) in [6.07, 6.45) is 0. The number of carbonyl (C=O) groups is 1. The van der Waals surface area contributed by atoms with Gasteiger partial charge in [0.15, 0.2) is 6.61 Å². The topological polar surface area (TPSA) is 38.3 Å². The highest BCUT2D eigenvalue weighted by molar-refractivity contribution is 9.10. The molecule has 3 aromatic carbocycles. The van der Waals surface area contributed by atoms with Gasteiger partial charge in [0.25, 0.3) is 5.91 Å². The van der Waals surface area contributed by atoms with Crippen molar-refractivity contribution in [3.8, 4) is 16.9 Å². The Labute approximate surface area is 166 Å². The van der Waals surface area contributed by atoms with Crippen LogP contribution < -0.4 is 10.1 Å². The Kier molecular flexibility index (Phi) is 5.96. The number of rotatable bonds is 5. The predicted octanol–water partition coefficient (Wildman–Crippen LogP) is 6.10. The summed E-state index contributed by atoms with van der Waals surface area (Å²) < 4.78 is 6.44. The molecule has 0 fully saturated rings. The van der Waals surface area contributed by atoms with Gasteiger partial charge in [-0.05, 0) is 63.8 Å². The second kappa shape index (κ2) is 8.39. The van der Waals surface area contributed by atoms with E-state index in [1.165, 1.54) is 0 Å². The van der Waals surface area contributed by atoms with Crippen molar-refractivity contribution in [1.82, 2.24) is 0 Å². The van der Waals surface area contributed by atoms with Crippen LogP contribution in [0.2, 0.25) is 5.02 Å². The maximum absolute atomic E-state index is 12.2. The SMILES string of the molecule is Cc1ccc(Cl)cc1NC(=O)COc1ccc(-c2ccccc2)cc1Br. The maximum Gasteiger partial charge on any atom is 0.262 e. The van der Waals surface area contributed by atoms with Crippen LogP contribution in [0.3, 0.4) is 0 Å². The lowest BCUT2D eigenvalue weighted by atomic mass is 10.1. The van der Waals surface area contributed by atoms with E-state index in [9.17, 15) is 4.79 Å². The first-order valence-electron chi connectivity index (χ1n) is 8.07. The van der Waals surface area contributed by atoms with Gasteiger partial charge in [0.05, 0.1) is 4.47 Å². The second-order valence-electron chi connectivity index (χ2n) is 5.81. The van der Waals surface area contributed by atoms with Gasteiger partial charge >= 0.3 is 0 Å². The Balaban J connectivity index is 1.64. The number of hydrogen-bond acceptors (Lipinski definition) is 2. The summed E-state index contributed by atoms with van der Waals surface area (Å²) >= 11 is 9.48. The molecule has 1 N–H and O–H groups in total. The summed E-state index contributed by atoms with van der Waals surface area (Å²) in [4.78, 5) is 12.2. The smallest absolute Gasteiger partial charge is 0.262 e. The molecular weight excluding hydrogens is 414 g/mol. The molecule has 0 spiro atoms. The van der Waals surface area contributed by atoms with Crippen molar-refractivity contribution in [3.05, 3.63) is 81.8 Å². The van der Waals surface area contributed by atoms with Crippen molar-refractivity contribution in [2.24, 2.45) is 0 Å². The third-order valence-corrected chi connectivity index (χ3v) is 4.73. The summed E-state index contributed by atoms with van der Waals surface area (Å²) in [5.74, 6) is 0.372. The minimum atomic E-state index is -0.241. The van der Waals surface area contributed by atoms with Crippen LogP contribution in [0.1, 0.15) is 5.56 Å². The Morgan fingerprint density at radius 2 is 1.81 bits per heavy atom. The number of benzene rings is 3. The molecule has 0 aliphatic rings. The standard InChI is InChI=1S/C21H17BrClNO2/c1-14-7-9-17(23)12-19(14)24-21(25)13-26-20-10-8-16(11-18(20)22)15-5-3-2-4-6-15/h2-12H,13H2,1H3,(H,24,25). The number of anilines is 1. The first kappa shape index (κ1) is 18.5. The quantitative estimate of drug-likeness (QED) is 0.531. The lowest BCUT2D eigenvalue weighted by Crippen LogP contribution is -2.20. The summed E-state index contributed by atoms with van der Waals surface area (Å²) in [7, 11) is 0. The van der Waals surface area contributed by atoms with Crippen LogP contribution in [-0.2, 0) is 4.79 Å². The van der Waals surface area contributed by atoms with Crippen LogP contribution in [0.4, 0.5) is 5.69 Å². The van der Waals surface area contributed by atoms with E-state index in [0.717, 1.165) is 21.2 Å². The zero-order chi connectivity index (χ0) is 18.5. The van der Waals surface area contributed by atoms with Crippen LogP contribution >= 0.6 is 27.5 Å². The van der Waals surface area contributed by atoms with E-state index in [2.05, 4.69) is 21.2 Å². The molecule has 0 saturated heterocycles. The maximum atomic E-state index is 12.2. The Morgan fingerprint density at radius 3 is 2.54 bits per heavy atom. The fourth-order valence-electron chi connectivity index (χ4n) is 2.49. The van der Waals surface area contributed by atoms with Gasteiger partial charge in [-0.2, -0.15) is 0 Å². The van der Waals surface area contributed by atoms with Crippen LogP contribution in [-0.4, -0.2) is 12.5 Å². The van der Waals surface area contributed by atoms with E-state index in [-0.39, 0.29) is 12.5 Å². The Bertz CT molecular complexity index is 929. The molecule has 0 unspecified atom stereocenters. The largest absolute Gasteiger partial charge is 0.483 e. The van der Waals surface area contributed by atoms with Gasteiger partial charge in [-0.15, -0.1) is 0 Å². The number of nitrogens with one attached hydrogen (secondary N) is 1. The van der Waals surface area contributed by atoms with Crippen LogP contribution in [0, 0.1) is 6.92 Å². The molecule has 26 heavy (non-hydrogen) atoms. The summed E-state index contributed by atoms with van der Waals surface area (Å²) in [6, 6.07) is 21.2. The zero-order valence-corrected chi connectivity index (χ0v) is 16.5. The normalized spacial score (nSPS) is 10.4. The van der Waals surface area contributed by atoms with Crippen molar-refractivity contribution >= 4 is 39.1 Å². The van der Waals surface area contributed by atoms with E-state index in [4.69, 9.17) is 16.3 Å². The molecular formula is C21H17BrClNO2. The lowest BCUT2D eigenvalue weighted by Gasteiger charge is -2.12. The number of amides is 1. The summed E-state index contributed by atoms with van der Waals surface area (Å²) in [5, 5.41) is 3.39. The molecule has 0 radical (unpaired) electrons. The zero-order valence-electron chi connectivity index (χ0n) is 14.1. The fraction of sp³-hybridized carbons (Fsp3) is 0.0952. The molecule has 1 amide bonds. The second-order valence-corrected chi connectivity index (χ2v) is 7.10. The third kappa shape index (κ3) is 4.65. The van der Waals surface area contributed by atoms with Gasteiger partial charge in [-0.3, -0.25) is 4.79 Å². The molecule has 0 bridgehead atoms. The van der Waals surface area contributed by atoms with E-state index >= 15 is 0 Å².